The third-order valence-corrected chi connectivity index (χ3v) is 3.82. The van der Waals surface area contributed by atoms with E-state index >= 15 is 0 Å². The lowest BCUT2D eigenvalue weighted by Crippen LogP contribution is -2.29. The summed E-state index contributed by atoms with van der Waals surface area (Å²) < 4.78 is 0. The number of hydrogen-bond acceptors (Lipinski definition) is 2. The Morgan fingerprint density at radius 3 is 2.33 bits per heavy atom. The van der Waals surface area contributed by atoms with Crippen molar-refractivity contribution < 1.29 is 4.79 Å². The van der Waals surface area contributed by atoms with Crippen molar-refractivity contribution in [3.05, 3.63) is 35.4 Å². The van der Waals surface area contributed by atoms with E-state index < -0.39 is 0 Å². The van der Waals surface area contributed by atoms with E-state index in [0.29, 0.717) is 0 Å². The van der Waals surface area contributed by atoms with Crippen molar-refractivity contribution in [3.63, 3.8) is 0 Å². The monoisotopic (exact) mass is 265 g/mol. The average molecular weight is 265 g/mol. The molecule has 0 bridgehead atoms. The lowest BCUT2D eigenvalue weighted by atomic mass is 10.1. The van der Waals surface area contributed by atoms with Crippen LogP contribution in [0.25, 0.3) is 0 Å². The molecular weight excluding hydrogens is 242 g/mol. The Labute approximate surface area is 115 Å². The molecule has 0 radical (unpaired) electrons. The standard InChI is InChI=1S/C15H23NOS/c1-4-10-16(11-5-2)15(17)18-12-14-9-7-6-8-13(14)3/h6-9H,4-5,10-12H2,1-3H3. The molecule has 0 saturated heterocycles. The molecule has 0 fully saturated rings. The maximum Gasteiger partial charge on any atom is 0.281 e. The second-order valence-electron chi connectivity index (χ2n) is 4.47. The van der Waals surface area contributed by atoms with Gasteiger partial charge < -0.3 is 4.90 Å². The molecule has 0 unspecified atom stereocenters. The molecule has 1 aromatic rings. The Morgan fingerprint density at radius 2 is 1.78 bits per heavy atom. The molecule has 0 aliphatic carbocycles. The average Bonchev–Trinajstić information content (AvgIpc) is 2.37. The molecule has 0 saturated carbocycles. The molecule has 0 atom stereocenters. The van der Waals surface area contributed by atoms with Gasteiger partial charge in [-0.1, -0.05) is 49.9 Å². The molecule has 0 heterocycles. The lowest BCUT2D eigenvalue weighted by molar-refractivity contribution is 0.223. The highest BCUT2D eigenvalue weighted by atomic mass is 32.2. The highest BCUT2D eigenvalue weighted by Gasteiger charge is 2.12. The van der Waals surface area contributed by atoms with E-state index in [1.165, 1.54) is 22.9 Å². The van der Waals surface area contributed by atoms with Crippen LogP contribution in [0, 0.1) is 6.92 Å². The van der Waals surface area contributed by atoms with Gasteiger partial charge in [-0.3, -0.25) is 4.79 Å². The minimum atomic E-state index is 0.210. The Morgan fingerprint density at radius 1 is 1.17 bits per heavy atom. The van der Waals surface area contributed by atoms with Gasteiger partial charge in [0.05, 0.1) is 0 Å². The van der Waals surface area contributed by atoms with Crippen LogP contribution < -0.4 is 0 Å². The maximum absolute atomic E-state index is 12.1. The van der Waals surface area contributed by atoms with Gasteiger partial charge >= 0.3 is 0 Å². The van der Waals surface area contributed by atoms with Gasteiger partial charge in [-0.2, -0.15) is 0 Å². The first-order chi connectivity index (χ1) is 8.69. The summed E-state index contributed by atoms with van der Waals surface area (Å²) in [5.74, 6) is 0.773. The maximum atomic E-state index is 12.1. The molecule has 3 heteroatoms. The molecule has 100 valence electrons. The van der Waals surface area contributed by atoms with Crippen LogP contribution in [0.5, 0.6) is 0 Å². The van der Waals surface area contributed by atoms with Crippen molar-refractivity contribution in [1.82, 2.24) is 4.90 Å². The van der Waals surface area contributed by atoms with Gasteiger partial charge in [-0.25, -0.2) is 0 Å². The summed E-state index contributed by atoms with van der Waals surface area (Å²) in [5, 5.41) is 0.210. The molecule has 0 spiro atoms. The van der Waals surface area contributed by atoms with Gasteiger partial charge in [0.15, 0.2) is 0 Å². The largest absolute Gasteiger partial charge is 0.334 e. The minimum Gasteiger partial charge on any atom is -0.334 e. The van der Waals surface area contributed by atoms with E-state index in [1.807, 2.05) is 17.0 Å². The summed E-state index contributed by atoms with van der Waals surface area (Å²) in [5.41, 5.74) is 2.51. The number of nitrogens with zero attached hydrogens (tertiary/aromatic N) is 1. The molecule has 1 amide bonds. The first-order valence-corrected chi connectivity index (χ1v) is 7.63. The van der Waals surface area contributed by atoms with E-state index in [-0.39, 0.29) is 5.24 Å². The first kappa shape index (κ1) is 15.1. The van der Waals surface area contributed by atoms with Gasteiger partial charge in [-0.15, -0.1) is 0 Å². The zero-order chi connectivity index (χ0) is 13.4. The Balaban J connectivity index is 2.51. The highest BCUT2D eigenvalue weighted by molar-refractivity contribution is 8.12. The zero-order valence-corrected chi connectivity index (χ0v) is 12.4. The normalized spacial score (nSPS) is 10.4. The fourth-order valence-corrected chi connectivity index (χ4v) is 2.81. The van der Waals surface area contributed by atoms with Gasteiger partial charge in [0.1, 0.15) is 0 Å². The Kier molecular flexibility index (Phi) is 6.88. The number of aryl methyl sites for hydroxylation is 1. The fourth-order valence-electron chi connectivity index (χ4n) is 1.84. The number of amides is 1. The molecule has 1 aromatic carbocycles. The third kappa shape index (κ3) is 4.73. The third-order valence-electron chi connectivity index (χ3n) is 2.86. The van der Waals surface area contributed by atoms with E-state index in [0.717, 1.165) is 31.7 Å². The van der Waals surface area contributed by atoms with Crippen LogP contribution >= 0.6 is 11.8 Å². The number of hydrogen-bond donors (Lipinski definition) is 0. The quantitative estimate of drug-likeness (QED) is 0.756. The molecule has 18 heavy (non-hydrogen) atoms. The number of thioether (sulfide) groups is 1. The topological polar surface area (TPSA) is 20.3 Å². The van der Waals surface area contributed by atoms with Crippen molar-refractivity contribution in [2.24, 2.45) is 0 Å². The summed E-state index contributed by atoms with van der Waals surface area (Å²) in [6, 6.07) is 8.25. The molecule has 2 nitrogen and oxygen atoms in total. The van der Waals surface area contributed by atoms with E-state index in [9.17, 15) is 4.79 Å². The predicted molar refractivity (Wildman–Crippen MR) is 80.0 cm³/mol. The van der Waals surface area contributed by atoms with Crippen molar-refractivity contribution >= 4 is 17.0 Å². The van der Waals surface area contributed by atoms with E-state index in [2.05, 4.69) is 32.9 Å². The van der Waals surface area contributed by atoms with Gasteiger partial charge in [-0.05, 0) is 30.9 Å². The number of carbonyl (C=O) groups is 1. The first-order valence-electron chi connectivity index (χ1n) is 6.65. The molecule has 1 rings (SSSR count). The molecular formula is C15H23NOS. The molecule has 0 aliphatic heterocycles. The summed E-state index contributed by atoms with van der Waals surface area (Å²) in [6.07, 6.45) is 2.05. The van der Waals surface area contributed by atoms with E-state index in [4.69, 9.17) is 0 Å². The zero-order valence-electron chi connectivity index (χ0n) is 11.6. The Hall–Kier alpha value is -0.960. The van der Waals surface area contributed by atoms with Crippen molar-refractivity contribution in [2.75, 3.05) is 13.1 Å². The second kappa shape index (κ2) is 8.20. The van der Waals surface area contributed by atoms with Gasteiger partial charge in [0.25, 0.3) is 5.24 Å². The van der Waals surface area contributed by atoms with Crippen molar-refractivity contribution in [2.45, 2.75) is 39.4 Å². The van der Waals surface area contributed by atoms with Crippen LogP contribution in [0.2, 0.25) is 0 Å². The predicted octanol–water partition coefficient (Wildman–Crippen LogP) is 4.47. The lowest BCUT2D eigenvalue weighted by Gasteiger charge is -2.20. The second-order valence-corrected chi connectivity index (χ2v) is 5.39. The van der Waals surface area contributed by atoms with Crippen LogP contribution in [0.15, 0.2) is 24.3 Å². The van der Waals surface area contributed by atoms with Crippen LogP contribution in [0.1, 0.15) is 37.8 Å². The SMILES string of the molecule is CCCN(CCC)C(=O)SCc1ccccc1C. The summed E-state index contributed by atoms with van der Waals surface area (Å²) in [4.78, 5) is 14.1. The van der Waals surface area contributed by atoms with Gasteiger partial charge in [0, 0.05) is 18.8 Å². The number of carbonyl (C=O) groups excluding carboxylic acids is 1. The van der Waals surface area contributed by atoms with E-state index in [1.54, 1.807) is 0 Å². The van der Waals surface area contributed by atoms with Crippen LogP contribution in [0.3, 0.4) is 0 Å². The van der Waals surface area contributed by atoms with Crippen molar-refractivity contribution in [1.29, 1.82) is 0 Å². The Bertz CT molecular complexity index is 373. The number of benzene rings is 1. The summed E-state index contributed by atoms with van der Waals surface area (Å²) in [6.45, 7) is 8.06. The van der Waals surface area contributed by atoms with Gasteiger partial charge in [0.2, 0.25) is 0 Å². The molecule has 0 aliphatic rings. The van der Waals surface area contributed by atoms with Crippen molar-refractivity contribution in [3.8, 4) is 0 Å². The smallest absolute Gasteiger partial charge is 0.281 e. The van der Waals surface area contributed by atoms with Crippen LogP contribution in [-0.4, -0.2) is 23.2 Å². The highest BCUT2D eigenvalue weighted by Crippen LogP contribution is 2.19. The summed E-state index contributed by atoms with van der Waals surface area (Å²) in [7, 11) is 0. The number of rotatable bonds is 6. The van der Waals surface area contributed by atoms with Crippen LogP contribution in [0.4, 0.5) is 4.79 Å². The molecule has 0 aromatic heterocycles. The van der Waals surface area contributed by atoms with Crippen LogP contribution in [-0.2, 0) is 5.75 Å². The fraction of sp³-hybridized carbons (Fsp3) is 0.533. The molecule has 0 N–H and O–H groups in total. The summed E-state index contributed by atoms with van der Waals surface area (Å²) >= 11 is 1.42. The minimum absolute atomic E-state index is 0.210.